The van der Waals surface area contributed by atoms with Gasteiger partial charge in [-0.2, -0.15) is 0 Å². The van der Waals surface area contributed by atoms with E-state index in [4.69, 9.17) is 0 Å². The van der Waals surface area contributed by atoms with Gasteiger partial charge in [-0.05, 0) is 31.7 Å². The summed E-state index contributed by atoms with van der Waals surface area (Å²) in [5, 5.41) is 3.63. The van der Waals surface area contributed by atoms with Crippen LogP contribution in [0.5, 0.6) is 0 Å². The zero-order valence-corrected chi connectivity index (χ0v) is 8.60. The van der Waals surface area contributed by atoms with E-state index in [1.807, 2.05) is 0 Å². The van der Waals surface area contributed by atoms with E-state index in [1.54, 1.807) is 0 Å². The molecule has 1 unspecified atom stereocenters. The zero-order valence-electron chi connectivity index (χ0n) is 8.60. The summed E-state index contributed by atoms with van der Waals surface area (Å²) in [5.74, 6) is 0.991. The molecule has 1 N–H and O–H groups in total. The summed E-state index contributed by atoms with van der Waals surface area (Å²) >= 11 is 0. The van der Waals surface area contributed by atoms with Crippen LogP contribution in [0.3, 0.4) is 0 Å². The minimum absolute atomic E-state index is 0.822. The maximum absolute atomic E-state index is 3.63. The SMILES string of the molecule is CCCC(NCC)C1CCCC1. The molecule has 72 valence electrons. The van der Waals surface area contributed by atoms with Gasteiger partial charge in [-0.3, -0.25) is 0 Å². The van der Waals surface area contributed by atoms with Crippen LogP contribution in [-0.4, -0.2) is 12.6 Å². The quantitative estimate of drug-likeness (QED) is 0.667. The minimum Gasteiger partial charge on any atom is -0.314 e. The van der Waals surface area contributed by atoms with Crippen LogP contribution in [0.25, 0.3) is 0 Å². The lowest BCUT2D eigenvalue weighted by Gasteiger charge is -2.23. The second kappa shape index (κ2) is 5.58. The summed E-state index contributed by atoms with van der Waals surface area (Å²) in [6.45, 7) is 5.65. The van der Waals surface area contributed by atoms with E-state index < -0.39 is 0 Å². The molecular weight excluding hydrogens is 146 g/mol. The zero-order chi connectivity index (χ0) is 8.81. The van der Waals surface area contributed by atoms with Crippen molar-refractivity contribution in [3.8, 4) is 0 Å². The molecule has 0 heterocycles. The summed E-state index contributed by atoms with van der Waals surface area (Å²) in [4.78, 5) is 0. The summed E-state index contributed by atoms with van der Waals surface area (Å²) in [6, 6.07) is 0.822. The lowest BCUT2D eigenvalue weighted by atomic mass is 9.94. The molecular formula is C11H23N. The topological polar surface area (TPSA) is 12.0 Å². The van der Waals surface area contributed by atoms with Gasteiger partial charge in [0.25, 0.3) is 0 Å². The molecule has 12 heavy (non-hydrogen) atoms. The Hall–Kier alpha value is -0.0400. The average Bonchev–Trinajstić information content (AvgIpc) is 2.56. The van der Waals surface area contributed by atoms with Crippen molar-refractivity contribution >= 4 is 0 Å². The van der Waals surface area contributed by atoms with Crippen LogP contribution in [0.2, 0.25) is 0 Å². The van der Waals surface area contributed by atoms with Crippen molar-refractivity contribution in [3.05, 3.63) is 0 Å². The van der Waals surface area contributed by atoms with Crippen LogP contribution in [0, 0.1) is 5.92 Å². The molecule has 0 amide bonds. The Kier molecular flexibility index (Phi) is 4.67. The third-order valence-corrected chi connectivity index (χ3v) is 3.03. The normalized spacial score (nSPS) is 21.5. The van der Waals surface area contributed by atoms with E-state index in [0.29, 0.717) is 0 Å². The summed E-state index contributed by atoms with van der Waals surface area (Å²) in [7, 11) is 0. The third kappa shape index (κ3) is 2.78. The third-order valence-electron chi connectivity index (χ3n) is 3.03. The number of hydrogen-bond acceptors (Lipinski definition) is 1. The van der Waals surface area contributed by atoms with Gasteiger partial charge < -0.3 is 5.32 Å². The van der Waals surface area contributed by atoms with E-state index in [9.17, 15) is 0 Å². The molecule has 1 aliphatic carbocycles. The van der Waals surface area contributed by atoms with E-state index in [-0.39, 0.29) is 0 Å². The Morgan fingerprint density at radius 2 is 1.92 bits per heavy atom. The monoisotopic (exact) mass is 169 g/mol. The predicted octanol–water partition coefficient (Wildman–Crippen LogP) is 2.95. The van der Waals surface area contributed by atoms with Gasteiger partial charge in [0.15, 0.2) is 0 Å². The molecule has 0 spiro atoms. The van der Waals surface area contributed by atoms with Crippen molar-refractivity contribution in [3.63, 3.8) is 0 Å². The van der Waals surface area contributed by atoms with Crippen LogP contribution in [-0.2, 0) is 0 Å². The molecule has 1 saturated carbocycles. The molecule has 1 atom stereocenters. The van der Waals surface area contributed by atoms with Gasteiger partial charge >= 0.3 is 0 Å². The first-order valence-electron chi connectivity index (χ1n) is 5.61. The van der Waals surface area contributed by atoms with E-state index in [0.717, 1.165) is 18.5 Å². The first-order valence-corrected chi connectivity index (χ1v) is 5.61. The lowest BCUT2D eigenvalue weighted by molar-refractivity contribution is 0.343. The highest BCUT2D eigenvalue weighted by Gasteiger charge is 2.22. The van der Waals surface area contributed by atoms with Crippen molar-refractivity contribution in [1.82, 2.24) is 5.32 Å². The Balaban J connectivity index is 2.29. The van der Waals surface area contributed by atoms with Crippen LogP contribution >= 0.6 is 0 Å². The Labute approximate surface area is 76.9 Å². The van der Waals surface area contributed by atoms with Gasteiger partial charge in [0.2, 0.25) is 0 Å². The average molecular weight is 169 g/mol. The molecule has 0 aromatic heterocycles. The van der Waals surface area contributed by atoms with Crippen LogP contribution in [0.4, 0.5) is 0 Å². The summed E-state index contributed by atoms with van der Waals surface area (Å²) in [5.41, 5.74) is 0. The molecule has 1 rings (SSSR count). The van der Waals surface area contributed by atoms with Crippen LogP contribution in [0.15, 0.2) is 0 Å². The first kappa shape index (κ1) is 10.0. The fourth-order valence-corrected chi connectivity index (χ4v) is 2.44. The molecule has 0 aliphatic heterocycles. The maximum atomic E-state index is 3.63. The number of rotatable bonds is 5. The van der Waals surface area contributed by atoms with Gasteiger partial charge in [-0.1, -0.05) is 33.1 Å². The number of hydrogen-bond donors (Lipinski definition) is 1. The minimum atomic E-state index is 0.822. The van der Waals surface area contributed by atoms with Gasteiger partial charge in [0, 0.05) is 6.04 Å². The van der Waals surface area contributed by atoms with E-state index >= 15 is 0 Å². The highest BCUT2D eigenvalue weighted by Crippen LogP contribution is 2.29. The van der Waals surface area contributed by atoms with Crippen molar-refractivity contribution in [2.45, 2.75) is 58.4 Å². The number of nitrogens with one attached hydrogen (secondary N) is 1. The molecule has 0 radical (unpaired) electrons. The highest BCUT2D eigenvalue weighted by molar-refractivity contribution is 4.79. The Bertz CT molecular complexity index is 99.6. The molecule has 0 aromatic carbocycles. The van der Waals surface area contributed by atoms with Gasteiger partial charge in [-0.25, -0.2) is 0 Å². The Morgan fingerprint density at radius 3 is 2.42 bits per heavy atom. The molecule has 1 nitrogen and oxygen atoms in total. The van der Waals surface area contributed by atoms with E-state index in [2.05, 4.69) is 19.2 Å². The molecule has 1 fully saturated rings. The molecule has 0 bridgehead atoms. The molecule has 0 aromatic rings. The fourth-order valence-electron chi connectivity index (χ4n) is 2.44. The van der Waals surface area contributed by atoms with Crippen molar-refractivity contribution in [2.75, 3.05) is 6.54 Å². The summed E-state index contributed by atoms with van der Waals surface area (Å²) in [6.07, 6.45) is 8.58. The first-order chi connectivity index (χ1) is 5.88. The fraction of sp³-hybridized carbons (Fsp3) is 1.00. The largest absolute Gasteiger partial charge is 0.314 e. The van der Waals surface area contributed by atoms with Crippen molar-refractivity contribution in [1.29, 1.82) is 0 Å². The van der Waals surface area contributed by atoms with E-state index in [1.165, 1.54) is 38.5 Å². The second-order valence-corrected chi connectivity index (χ2v) is 4.00. The molecule has 0 saturated heterocycles. The maximum Gasteiger partial charge on any atom is 0.00951 e. The smallest absolute Gasteiger partial charge is 0.00951 e. The van der Waals surface area contributed by atoms with Gasteiger partial charge in [-0.15, -0.1) is 0 Å². The standard InChI is InChI=1S/C11H23N/c1-3-7-11(12-4-2)10-8-5-6-9-10/h10-12H,3-9H2,1-2H3. The highest BCUT2D eigenvalue weighted by atomic mass is 14.9. The summed E-state index contributed by atoms with van der Waals surface area (Å²) < 4.78 is 0. The molecule has 1 aliphatic rings. The van der Waals surface area contributed by atoms with Gasteiger partial charge in [0.1, 0.15) is 0 Å². The van der Waals surface area contributed by atoms with Crippen LogP contribution in [0.1, 0.15) is 52.4 Å². The Morgan fingerprint density at radius 1 is 1.25 bits per heavy atom. The molecule has 1 heteroatoms. The van der Waals surface area contributed by atoms with Crippen LogP contribution < -0.4 is 5.32 Å². The second-order valence-electron chi connectivity index (χ2n) is 4.00. The van der Waals surface area contributed by atoms with Crippen molar-refractivity contribution in [2.24, 2.45) is 5.92 Å². The predicted molar refractivity (Wildman–Crippen MR) is 54.3 cm³/mol. The lowest BCUT2D eigenvalue weighted by Crippen LogP contribution is -2.34. The van der Waals surface area contributed by atoms with Crippen molar-refractivity contribution < 1.29 is 0 Å². The van der Waals surface area contributed by atoms with Gasteiger partial charge in [0.05, 0.1) is 0 Å².